The summed E-state index contributed by atoms with van der Waals surface area (Å²) in [6, 6.07) is 6.80. The van der Waals surface area contributed by atoms with Gasteiger partial charge in [-0.05, 0) is 44.9 Å². The first-order chi connectivity index (χ1) is 10.2. The Morgan fingerprint density at radius 1 is 1.41 bits per heavy atom. The van der Waals surface area contributed by atoms with Gasteiger partial charge in [0.1, 0.15) is 0 Å². The largest absolute Gasteiger partial charge is 0.466 e. The molecule has 124 valence electrons. The minimum atomic E-state index is -1.30. The molecule has 0 radical (unpaired) electrons. The van der Waals surface area contributed by atoms with E-state index in [1.807, 2.05) is 39.8 Å². The van der Waals surface area contributed by atoms with Crippen molar-refractivity contribution in [3.05, 3.63) is 34.9 Å². The second-order valence-corrected chi connectivity index (χ2v) is 8.47. The lowest BCUT2D eigenvalue weighted by atomic mass is 10.1. The topological polar surface area (TPSA) is 55.4 Å². The van der Waals surface area contributed by atoms with Gasteiger partial charge < -0.3 is 4.74 Å². The highest BCUT2D eigenvalue weighted by Crippen LogP contribution is 2.23. The lowest BCUT2D eigenvalue weighted by Gasteiger charge is -2.24. The molecule has 0 aromatic heterocycles. The van der Waals surface area contributed by atoms with Crippen molar-refractivity contribution in [1.82, 2.24) is 4.72 Å². The molecule has 1 aromatic carbocycles. The summed E-state index contributed by atoms with van der Waals surface area (Å²) in [6.07, 6.45) is 0.886. The van der Waals surface area contributed by atoms with Crippen molar-refractivity contribution in [2.24, 2.45) is 0 Å². The predicted molar refractivity (Wildman–Crippen MR) is 91.1 cm³/mol. The summed E-state index contributed by atoms with van der Waals surface area (Å²) < 4.78 is 20.1. The number of hydrogen-bond donors (Lipinski definition) is 1. The van der Waals surface area contributed by atoms with Crippen LogP contribution >= 0.6 is 11.6 Å². The van der Waals surface area contributed by atoms with Crippen LogP contribution < -0.4 is 4.72 Å². The van der Waals surface area contributed by atoms with Gasteiger partial charge in [-0.2, -0.15) is 0 Å². The number of halogens is 1. The number of benzene rings is 1. The maximum atomic E-state index is 12.3. The number of carbonyl (C=O) groups is 1. The zero-order valence-corrected chi connectivity index (χ0v) is 15.1. The van der Waals surface area contributed by atoms with Crippen molar-refractivity contribution in [2.45, 2.75) is 51.3 Å². The summed E-state index contributed by atoms with van der Waals surface area (Å²) >= 11 is 6.02. The van der Waals surface area contributed by atoms with Crippen molar-refractivity contribution in [3.8, 4) is 0 Å². The molecule has 0 aliphatic heterocycles. The molecule has 0 fully saturated rings. The fraction of sp³-hybridized carbons (Fsp3) is 0.562. The summed E-state index contributed by atoms with van der Waals surface area (Å²) in [5.74, 6) is -0.315. The molecule has 0 bridgehead atoms. The Morgan fingerprint density at radius 3 is 2.64 bits per heavy atom. The van der Waals surface area contributed by atoms with Crippen molar-refractivity contribution < 1.29 is 13.7 Å². The summed E-state index contributed by atoms with van der Waals surface area (Å²) in [5.41, 5.74) is 0.818. The number of ether oxygens (including phenoxy) is 1. The van der Waals surface area contributed by atoms with Gasteiger partial charge >= 0.3 is 5.97 Å². The van der Waals surface area contributed by atoms with Crippen LogP contribution in [-0.2, 0) is 20.5 Å². The molecule has 0 aliphatic carbocycles. The lowest BCUT2D eigenvalue weighted by molar-refractivity contribution is -0.144. The molecular formula is C16H24ClNO3S. The van der Waals surface area contributed by atoms with E-state index in [1.165, 1.54) is 0 Å². The zero-order chi connectivity index (χ0) is 16.8. The molecule has 0 aliphatic rings. The van der Waals surface area contributed by atoms with E-state index < -0.39 is 21.8 Å². The van der Waals surface area contributed by atoms with E-state index in [0.29, 0.717) is 11.6 Å². The summed E-state index contributed by atoms with van der Waals surface area (Å²) in [7, 11) is -1.30. The monoisotopic (exact) mass is 345 g/mol. The van der Waals surface area contributed by atoms with Crippen LogP contribution in [0.15, 0.2) is 24.3 Å². The van der Waals surface area contributed by atoms with Crippen molar-refractivity contribution in [3.63, 3.8) is 0 Å². The van der Waals surface area contributed by atoms with E-state index >= 15 is 0 Å². The van der Waals surface area contributed by atoms with Crippen molar-refractivity contribution in [1.29, 1.82) is 0 Å². The quantitative estimate of drug-likeness (QED) is 0.765. The number of rotatable bonds is 7. The summed E-state index contributed by atoms with van der Waals surface area (Å²) in [4.78, 5) is 11.9. The van der Waals surface area contributed by atoms with Crippen LogP contribution in [0.2, 0.25) is 5.02 Å². The number of esters is 1. The van der Waals surface area contributed by atoms with Gasteiger partial charge in [0.2, 0.25) is 0 Å². The van der Waals surface area contributed by atoms with Gasteiger partial charge in [-0.25, -0.2) is 8.93 Å². The average molecular weight is 346 g/mol. The molecule has 22 heavy (non-hydrogen) atoms. The fourth-order valence-electron chi connectivity index (χ4n) is 1.70. The van der Waals surface area contributed by atoms with E-state index in [9.17, 15) is 9.00 Å². The van der Waals surface area contributed by atoms with E-state index in [4.69, 9.17) is 16.3 Å². The molecular weight excluding hydrogens is 322 g/mol. The van der Waals surface area contributed by atoms with E-state index in [1.54, 1.807) is 12.1 Å². The molecule has 0 heterocycles. The van der Waals surface area contributed by atoms with Crippen LogP contribution in [0.1, 0.15) is 52.1 Å². The smallest absolute Gasteiger partial charge is 0.307 e. The third-order valence-electron chi connectivity index (χ3n) is 2.89. The van der Waals surface area contributed by atoms with Gasteiger partial charge in [-0.3, -0.25) is 4.79 Å². The van der Waals surface area contributed by atoms with E-state index in [2.05, 4.69) is 4.72 Å². The lowest BCUT2D eigenvalue weighted by Crippen LogP contribution is -2.36. The fourth-order valence-corrected chi connectivity index (χ4v) is 2.73. The molecule has 0 amide bonds. The molecule has 2 atom stereocenters. The highest BCUT2D eigenvalue weighted by molar-refractivity contribution is 7.84. The minimum Gasteiger partial charge on any atom is -0.466 e. The van der Waals surface area contributed by atoms with Gasteiger partial charge in [0.05, 0.1) is 34.8 Å². The predicted octanol–water partition coefficient (Wildman–Crippen LogP) is 3.78. The van der Waals surface area contributed by atoms with E-state index in [-0.39, 0.29) is 12.4 Å². The molecule has 1 rings (SSSR count). The minimum absolute atomic E-state index is 0.113. The SMILES string of the molecule is CCCOC(=O)C[C@@H](NS(=O)C(C)(C)C)c1cccc(Cl)c1. The first-order valence-electron chi connectivity index (χ1n) is 7.33. The molecule has 1 unspecified atom stereocenters. The van der Waals surface area contributed by atoms with E-state index in [0.717, 1.165) is 12.0 Å². The van der Waals surface area contributed by atoms with Crippen LogP contribution in [0.25, 0.3) is 0 Å². The highest BCUT2D eigenvalue weighted by atomic mass is 35.5. The normalized spacial score (nSPS) is 14.4. The van der Waals surface area contributed by atoms with Crippen LogP contribution in [0.4, 0.5) is 0 Å². The molecule has 1 aromatic rings. The second-order valence-electron chi connectivity index (χ2n) is 6.03. The Kier molecular flexibility index (Phi) is 7.53. The molecule has 4 nitrogen and oxygen atoms in total. The highest BCUT2D eigenvalue weighted by Gasteiger charge is 2.25. The van der Waals surface area contributed by atoms with Gasteiger partial charge in [0.15, 0.2) is 0 Å². The zero-order valence-electron chi connectivity index (χ0n) is 13.5. The summed E-state index contributed by atoms with van der Waals surface area (Å²) in [6.45, 7) is 7.96. The van der Waals surface area contributed by atoms with Gasteiger partial charge in [0.25, 0.3) is 0 Å². The Morgan fingerprint density at radius 2 is 2.09 bits per heavy atom. The molecule has 0 spiro atoms. The average Bonchev–Trinajstić information content (AvgIpc) is 2.43. The third-order valence-corrected chi connectivity index (χ3v) is 4.74. The Hall–Kier alpha value is -0.910. The Bertz CT molecular complexity index is 528. The van der Waals surface area contributed by atoms with Crippen LogP contribution in [0.3, 0.4) is 0 Å². The van der Waals surface area contributed by atoms with Crippen LogP contribution in [0, 0.1) is 0 Å². The van der Waals surface area contributed by atoms with Gasteiger partial charge in [-0.1, -0.05) is 30.7 Å². The maximum absolute atomic E-state index is 12.3. The first kappa shape index (κ1) is 19.1. The van der Waals surface area contributed by atoms with Gasteiger partial charge in [0, 0.05) is 5.02 Å². The van der Waals surface area contributed by atoms with Crippen molar-refractivity contribution >= 4 is 28.6 Å². The molecule has 0 saturated heterocycles. The third kappa shape index (κ3) is 6.46. The first-order valence-corrected chi connectivity index (χ1v) is 8.86. The standard InChI is InChI=1S/C16H24ClNO3S/c1-5-9-21-15(19)11-14(18-22(20)16(2,3)4)12-7-6-8-13(17)10-12/h6-8,10,14,18H,5,9,11H2,1-4H3/t14-,22?/m1/s1. The molecule has 6 heteroatoms. The van der Waals surface area contributed by atoms with Crippen molar-refractivity contribution in [2.75, 3.05) is 6.61 Å². The van der Waals surface area contributed by atoms with Gasteiger partial charge in [-0.15, -0.1) is 0 Å². The maximum Gasteiger partial charge on any atom is 0.307 e. The summed E-state index contributed by atoms with van der Waals surface area (Å²) in [5, 5.41) is 0.577. The molecule has 0 saturated carbocycles. The number of carbonyl (C=O) groups excluding carboxylic acids is 1. The number of nitrogens with one attached hydrogen (secondary N) is 1. The van der Waals surface area contributed by atoms with Crippen LogP contribution in [-0.4, -0.2) is 21.5 Å². The number of hydrogen-bond acceptors (Lipinski definition) is 3. The Labute approximate surface area is 140 Å². The Balaban J connectivity index is 2.90. The van der Waals surface area contributed by atoms with Crippen LogP contribution in [0.5, 0.6) is 0 Å². The molecule has 1 N–H and O–H groups in total. The second kappa shape index (κ2) is 8.65.